The second kappa shape index (κ2) is 5.14. The molecule has 1 heteroatoms. The number of rotatable bonds is 0. The Morgan fingerprint density at radius 2 is 1.67 bits per heavy atom. The predicted molar refractivity (Wildman–Crippen MR) is 62.7 cm³/mol. The van der Waals surface area contributed by atoms with Crippen LogP contribution in [0.1, 0.15) is 64.7 Å². The van der Waals surface area contributed by atoms with Crippen LogP contribution in [0.25, 0.3) is 0 Å². The van der Waals surface area contributed by atoms with Crippen LogP contribution in [0.2, 0.25) is 0 Å². The maximum Gasteiger partial charge on any atom is 0.136 e. The van der Waals surface area contributed by atoms with Crippen molar-refractivity contribution in [1.29, 1.82) is 0 Å². The molecule has 0 bridgehead atoms. The molecule has 0 heterocycles. The summed E-state index contributed by atoms with van der Waals surface area (Å²) in [5, 5.41) is 0. The van der Waals surface area contributed by atoms with Gasteiger partial charge in [0.05, 0.1) is 0 Å². The molecule has 2 rings (SSSR count). The molecule has 0 aromatic rings. The first-order valence-corrected chi connectivity index (χ1v) is 6.80. The summed E-state index contributed by atoms with van der Waals surface area (Å²) in [6.07, 6.45) is 11.6. The molecule has 0 N–H and O–H groups in total. The SMILES string of the molecule is C[C@@H]1CCCCCCC[C@H]2C[C@H]2C(=O)C1. The number of fused-ring (bicyclic) bond motifs is 1. The van der Waals surface area contributed by atoms with Crippen LogP contribution < -0.4 is 0 Å². The van der Waals surface area contributed by atoms with Crippen LogP contribution in [0.3, 0.4) is 0 Å². The highest BCUT2D eigenvalue weighted by atomic mass is 16.1. The quantitative estimate of drug-likeness (QED) is 0.589. The van der Waals surface area contributed by atoms with Gasteiger partial charge in [-0.2, -0.15) is 0 Å². The Bertz CT molecular complexity index is 221. The van der Waals surface area contributed by atoms with E-state index in [9.17, 15) is 4.79 Å². The maximum absolute atomic E-state index is 11.9. The Labute approximate surface area is 93.6 Å². The van der Waals surface area contributed by atoms with E-state index in [1.807, 2.05) is 0 Å². The summed E-state index contributed by atoms with van der Waals surface area (Å²) in [6.45, 7) is 2.25. The van der Waals surface area contributed by atoms with Crippen LogP contribution in [0.4, 0.5) is 0 Å². The molecule has 0 saturated heterocycles. The smallest absolute Gasteiger partial charge is 0.136 e. The molecule has 2 saturated carbocycles. The van der Waals surface area contributed by atoms with E-state index in [1.165, 1.54) is 51.4 Å². The zero-order valence-electron chi connectivity index (χ0n) is 10.0. The molecule has 0 radical (unpaired) electrons. The third kappa shape index (κ3) is 3.32. The Morgan fingerprint density at radius 3 is 2.47 bits per heavy atom. The number of carbonyl (C=O) groups is 1. The van der Waals surface area contributed by atoms with Crippen molar-refractivity contribution >= 4 is 5.78 Å². The first-order valence-electron chi connectivity index (χ1n) is 6.80. The van der Waals surface area contributed by atoms with Gasteiger partial charge in [0.25, 0.3) is 0 Å². The van der Waals surface area contributed by atoms with Gasteiger partial charge in [0.1, 0.15) is 5.78 Å². The molecular weight excluding hydrogens is 184 g/mol. The molecule has 0 spiro atoms. The van der Waals surface area contributed by atoms with Crippen molar-refractivity contribution in [3.05, 3.63) is 0 Å². The van der Waals surface area contributed by atoms with Crippen molar-refractivity contribution in [2.45, 2.75) is 64.7 Å². The number of carbonyl (C=O) groups excluding carboxylic acids is 1. The lowest BCUT2D eigenvalue weighted by molar-refractivity contribution is -0.121. The summed E-state index contributed by atoms with van der Waals surface area (Å²) in [5.74, 6) is 2.47. The zero-order chi connectivity index (χ0) is 10.7. The lowest BCUT2D eigenvalue weighted by atomic mass is 9.93. The second-order valence-corrected chi connectivity index (χ2v) is 5.72. The van der Waals surface area contributed by atoms with E-state index in [1.54, 1.807) is 0 Å². The van der Waals surface area contributed by atoms with Crippen molar-refractivity contribution in [3.8, 4) is 0 Å². The standard InChI is InChI=1S/C14H24O/c1-11-7-5-3-2-4-6-8-12-10-13(12)14(15)9-11/h11-13H,2-10H2,1H3/t11-,12+,13-/m1/s1. The van der Waals surface area contributed by atoms with Gasteiger partial charge in [-0.1, -0.05) is 45.4 Å². The Morgan fingerprint density at radius 1 is 1.00 bits per heavy atom. The lowest BCUT2D eigenvalue weighted by Crippen LogP contribution is -2.09. The number of hydrogen-bond acceptors (Lipinski definition) is 1. The van der Waals surface area contributed by atoms with Crippen LogP contribution in [0, 0.1) is 17.8 Å². The van der Waals surface area contributed by atoms with E-state index in [4.69, 9.17) is 0 Å². The monoisotopic (exact) mass is 208 g/mol. The van der Waals surface area contributed by atoms with Crippen molar-refractivity contribution < 1.29 is 4.79 Å². The molecule has 2 fully saturated rings. The van der Waals surface area contributed by atoms with E-state index < -0.39 is 0 Å². The zero-order valence-corrected chi connectivity index (χ0v) is 10.0. The van der Waals surface area contributed by atoms with Crippen LogP contribution in [-0.4, -0.2) is 5.78 Å². The van der Waals surface area contributed by atoms with Crippen LogP contribution in [-0.2, 0) is 4.79 Å². The van der Waals surface area contributed by atoms with Gasteiger partial charge < -0.3 is 0 Å². The third-order valence-corrected chi connectivity index (χ3v) is 4.16. The van der Waals surface area contributed by atoms with E-state index in [2.05, 4.69) is 6.92 Å². The molecule has 0 aromatic carbocycles. The van der Waals surface area contributed by atoms with Gasteiger partial charge in [-0.15, -0.1) is 0 Å². The van der Waals surface area contributed by atoms with E-state index in [0.29, 0.717) is 17.6 Å². The van der Waals surface area contributed by atoms with Gasteiger partial charge >= 0.3 is 0 Å². The van der Waals surface area contributed by atoms with Crippen molar-refractivity contribution in [2.75, 3.05) is 0 Å². The molecule has 2 aliphatic carbocycles. The molecule has 0 unspecified atom stereocenters. The summed E-state index contributed by atoms with van der Waals surface area (Å²) < 4.78 is 0. The van der Waals surface area contributed by atoms with Gasteiger partial charge in [0.15, 0.2) is 0 Å². The average Bonchev–Trinajstić information content (AvgIpc) is 2.94. The molecular formula is C14H24O. The van der Waals surface area contributed by atoms with Crippen molar-refractivity contribution in [2.24, 2.45) is 17.8 Å². The molecule has 1 nitrogen and oxygen atoms in total. The van der Waals surface area contributed by atoms with Crippen LogP contribution >= 0.6 is 0 Å². The minimum absolute atomic E-state index is 0.479. The number of ketones is 1. The number of hydrogen-bond donors (Lipinski definition) is 0. The van der Waals surface area contributed by atoms with Gasteiger partial charge in [0, 0.05) is 12.3 Å². The minimum Gasteiger partial charge on any atom is -0.299 e. The average molecular weight is 208 g/mol. The highest BCUT2D eigenvalue weighted by Gasteiger charge is 2.41. The largest absolute Gasteiger partial charge is 0.299 e. The minimum atomic E-state index is 0.479. The van der Waals surface area contributed by atoms with Gasteiger partial charge in [-0.25, -0.2) is 0 Å². The van der Waals surface area contributed by atoms with Crippen LogP contribution in [0.5, 0.6) is 0 Å². The van der Waals surface area contributed by atoms with E-state index in [-0.39, 0.29) is 0 Å². The summed E-state index contributed by atoms with van der Waals surface area (Å²) >= 11 is 0. The summed E-state index contributed by atoms with van der Waals surface area (Å²) in [6, 6.07) is 0. The van der Waals surface area contributed by atoms with Crippen molar-refractivity contribution in [3.63, 3.8) is 0 Å². The normalized spacial score (nSPS) is 38.7. The Balaban J connectivity index is 1.83. The van der Waals surface area contributed by atoms with Gasteiger partial charge in [-0.05, 0) is 24.7 Å². The summed E-state index contributed by atoms with van der Waals surface area (Å²) in [7, 11) is 0. The fourth-order valence-electron chi connectivity index (χ4n) is 2.99. The Hall–Kier alpha value is -0.330. The first-order chi connectivity index (χ1) is 7.27. The van der Waals surface area contributed by atoms with Crippen molar-refractivity contribution in [1.82, 2.24) is 0 Å². The number of Topliss-reactive ketones (excluding diaryl/α,β-unsaturated/α-hetero) is 1. The highest BCUT2D eigenvalue weighted by Crippen LogP contribution is 2.44. The summed E-state index contributed by atoms with van der Waals surface area (Å²) in [5.41, 5.74) is 0. The van der Waals surface area contributed by atoms with Gasteiger partial charge in [-0.3, -0.25) is 4.79 Å². The molecule has 0 aromatic heterocycles. The topological polar surface area (TPSA) is 17.1 Å². The second-order valence-electron chi connectivity index (χ2n) is 5.72. The molecule has 15 heavy (non-hydrogen) atoms. The van der Waals surface area contributed by atoms with Crippen LogP contribution in [0.15, 0.2) is 0 Å². The van der Waals surface area contributed by atoms with Gasteiger partial charge in [0.2, 0.25) is 0 Å². The molecule has 2 aliphatic rings. The predicted octanol–water partition coefficient (Wildman–Crippen LogP) is 3.96. The Kier molecular flexibility index (Phi) is 3.82. The third-order valence-electron chi connectivity index (χ3n) is 4.16. The first kappa shape index (κ1) is 11.2. The van der Waals surface area contributed by atoms with E-state index >= 15 is 0 Å². The summed E-state index contributed by atoms with van der Waals surface area (Å²) in [4.78, 5) is 11.9. The molecule has 0 amide bonds. The lowest BCUT2D eigenvalue weighted by Gasteiger charge is -2.11. The maximum atomic E-state index is 11.9. The van der Waals surface area contributed by atoms with E-state index in [0.717, 1.165) is 12.3 Å². The molecule has 86 valence electrons. The molecule has 0 aliphatic heterocycles. The highest BCUT2D eigenvalue weighted by molar-refractivity contribution is 5.83. The molecule has 3 atom stereocenters. The fourth-order valence-corrected chi connectivity index (χ4v) is 2.99. The fraction of sp³-hybridized carbons (Fsp3) is 0.929.